The Morgan fingerprint density at radius 3 is 2.68 bits per heavy atom. The van der Waals surface area contributed by atoms with Crippen molar-refractivity contribution in [2.75, 3.05) is 0 Å². The first-order valence-electron chi connectivity index (χ1n) is 6.53. The van der Waals surface area contributed by atoms with E-state index in [1.165, 1.54) is 0 Å². The number of rotatable bonds is 5. The second-order valence-corrected chi connectivity index (χ2v) is 6.14. The molecule has 0 radical (unpaired) electrons. The van der Waals surface area contributed by atoms with Gasteiger partial charge in [-0.1, -0.05) is 6.92 Å². The Balaban J connectivity index is 2.28. The summed E-state index contributed by atoms with van der Waals surface area (Å²) in [5.41, 5.74) is 4.33. The summed E-state index contributed by atoms with van der Waals surface area (Å²) < 4.78 is 3.03. The Kier molecular flexibility index (Phi) is 4.81. The SMILES string of the molecule is CCc1nn(CC)c(CC(O)c2cscc2C)c1Br. The summed E-state index contributed by atoms with van der Waals surface area (Å²) in [5, 5.41) is 19.1. The first-order chi connectivity index (χ1) is 9.08. The molecule has 104 valence electrons. The van der Waals surface area contributed by atoms with Crippen molar-refractivity contribution < 1.29 is 5.11 Å². The molecule has 0 amide bonds. The van der Waals surface area contributed by atoms with Crippen LogP contribution in [0.5, 0.6) is 0 Å². The van der Waals surface area contributed by atoms with Crippen LogP contribution in [0, 0.1) is 6.92 Å². The number of thiophene rings is 1. The number of nitrogens with zero attached hydrogens (tertiary/aromatic N) is 2. The van der Waals surface area contributed by atoms with Gasteiger partial charge in [-0.15, -0.1) is 0 Å². The van der Waals surface area contributed by atoms with Gasteiger partial charge in [0.1, 0.15) is 0 Å². The first kappa shape index (κ1) is 14.8. The number of aliphatic hydroxyl groups is 1. The third-order valence-electron chi connectivity index (χ3n) is 3.34. The molecule has 3 nitrogen and oxygen atoms in total. The highest BCUT2D eigenvalue weighted by atomic mass is 79.9. The van der Waals surface area contributed by atoms with E-state index in [0.29, 0.717) is 6.42 Å². The molecule has 19 heavy (non-hydrogen) atoms. The molecule has 0 aliphatic rings. The molecule has 0 saturated heterocycles. The molecule has 2 aromatic heterocycles. The second kappa shape index (κ2) is 6.20. The molecule has 1 N–H and O–H groups in total. The van der Waals surface area contributed by atoms with Gasteiger partial charge in [0.15, 0.2) is 0 Å². The minimum atomic E-state index is -0.464. The summed E-state index contributed by atoms with van der Waals surface area (Å²) >= 11 is 5.26. The molecule has 0 spiro atoms. The van der Waals surface area contributed by atoms with Crippen LogP contribution in [0.4, 0.5) is 0 Å². The highest BCUT2D eigenvalue weighted by Crippen LogP contribution is 2.29. The third-order valence-corrected chi connectivity index (χ3v) is 5.13. The van der Waals surface area contributed by atoms with Crippen molar-refractivity contribution in [3.63, 3.8) is 0 Å². The smallest absolute Gasteiger partial charge is 0.0856 e. The predicted octanol–water partition coefficient (Wildman–Crippen LogP) is 3.87. The van der Waals surface area contributed by atoms with Gasteiger partial charge in [-0.2, -0.15) is 16.4 Å². The predicted molar refractivity (Wildman–Crippen MR) is 82.7 cm³/mol. The molecule has 0 aromatic carbocycles. The summed E-state index contributed by atoms with van der Waals surface area (Å²) in [6, 6.07) is 0. The molecule has 5 heteroatoms. The van der Waals surface area contributed by atoms with Crippen molar-refractivity contribution in [2.24, 2.45) is 0 Å². The maximum absolute atomic E-state index is 10.4. The first-order valence-corrected chi connectivity index (χ1v) is 8.26. The molecule has 2 aromatic rings. The van der Waals surface area contributed by atoms with Gasteiger partial charge in [0.2, 0.25) is 0 Å². The van der Waals surface area contributed by atoms with Gasteiger partial charge in [-0.25, -0.2) is 0 Å². The number of hydrogen-bond donors (Lipinski definition) is 1. The van der Waals surface area contributed by atoms with Crippen LogP contribution in [0.2, 0.25) is 0 Å². The van der Waals surface area contributed by atoms with Crippen molar-refractivity contribution in [1.29, 1.82) is 0 Å². The van der Waals surface area contributed by atoms with E-state index in [1.807, 2.05) is 17.0 Å². The topological polar surface area (TPSA) is 38.0 Å². The average molecular weight is 343 g/mol. The number of aliphatic hydroxyl groups excluding tert-OH is 1. The Bertz CT molecular complexity index is 562. The van der Waals surface area contributed by atoms with Crippen molar-refractivity contribution in [1.82, 2.24) is 9.78 Å². The van der Waals surface area contributed by atoms with Crippen LogP contribution in [-0.2, 0) is 19.4 Å². The van der Waals surface area contributed by atoms with Crippen LogP contribution in [0.25, 0.3) is 0 Å². The van der Waals surface area contributed by atoms with Crippen molar-refractivity contribution in [3.8, 4) is 0 Å². The van der Waals surface area contributed by atoms with Gasteiger partial charge in [-0.3, -0.25) is 4.68 Å². The normalized spacial score (nSPS) is 12.9. The Labute approximate surface area is 126 Å². The van der Waals surface area contributed by atoms with Gasteiger partial charge in [0.05, 0.1) is 22.0 Å². The molecule has 2 heterocycles. The van der Waals surface area contributed by atoms with Gasteiger partial charge in [-0.05, 0) is 58.1 Å². The molecule has 1 atom stereocenters. The largest absolute Gasteiger partial charge is 0.388 e. The van der Waals surface area contributed by atoms with Gasteiger partial charge in [0, 0.05) is 13.0 Å². The number of aromatic nitrogens is 2. The fourth-order valence-corrected chi connectivity index (χ4v) is 3.84. The van der Waals surface area contributed by atoms with Crippen LogP contribution in [0.3, 0.4) is 0 Å². The molecule has 0 aliphatic heterocycles. The van der Waals surface area contributed by atoms with Gasteiger partial charge in [0.25, 0.3) is 0 Å². The monoisotopic (exact) mass is 342 g/mol. The lowest BCUT2D eigenvalue weighted by molar-refractivity contribution is 0.175. The maximum Gasteiger partial charge on any atom is 0.0856 e. The summed E-state index contributed by atoms with van der Waals surface area (Å²) in [5.74, 6) is 0. The zero-order valence-corrected chi connectivity index (χ0v) is 13.9. The minimum Gasteiger partial charge on any atom is -0.388 e. The Morgan fingerprint density at radius 1 is 1.42 bits per heavy atom. The second-order valence-electron chi connectivity index (χ2n) is 4.61. The number of halogens is 1. The minimum absolute atomic E-state index is 0.464. The lowest BCUT2D eigenvalue weighted by atomic mass is 10.0. The molecular formula is C14H19BrN2OS. The van der Waals surface area contributed by atoms with Crippen molar-refractivity contribution in [2.45, 2.75) is 46.3 Å². The van der Waals surface area contributed by atoms with Crippen LogP contribution < -0.4 is 0 Å². The van der Waals surface area contributed by atoms with E-state index in [2.05, 4.69) is 40.3 Å². The highest BCUT2D eigenvalue weighted by Gasteiger charge is 2.19. The highest BCUT2D eigenvalue weighted by molar-refractivity contribution is 9.10. The third kappa shape index (κ3) is 2.93. The maximum atomic E-state index is 10.4. The standard InChI is InChI=1S/C14H19BrN2OS/c1-4-11-14(15)12(17(5-2)16-11)6-13(18)10-8-19-7-9(10)3/h7-8,13,18H,4-6H2,1-3H3. The zero-order valence-electron chi connectivity index (χ0n) is 11.5. The molecule has 0 saturated carbocycles. The fourth-order valence-electron chi connectivity index (χ4n) is 2.22. The molecule has 0 fully saturated rings. The molecule has 0 bridgehead atoms. The van der Waals surface area contributed by atoms with Crippen molar-refractivity contribution in [3.05, 3.63) is 37.7 Å². The summed E-state index contributed by atoms with van der Waals surface area (Å²) in [7, 11) is 0. The Morgan fingerprint density at radius 2 is 2.16 bits per heavy atom. The lowest BCUT2D eigenvalue weighted by Gasteiger charge is -2.12. The van der Waals surface area contributed by atoms with E-state index in [-0.39, 0.29) is 0 Å². The summed E-state index contributed by atoms with van der Waals surface area (Å²) in [4.78, 5) is 0. The van der Waals surface area contributed by atoms with Gasteiger partial charge >= 0.3 is 0 Å². The fraction of sp³-hybridized carbons (Fsp3) is 0.500. The van der Waals surface area contributed by atoms with E-state index >= 15 is 0 Å². The van der Waals surface area contributed by atoms with Crippen LogP contribution in [-0.4, -0.2) is 14.9 Å². The molecule has 1 unspecified atom stereocenters. The lowest BCUT2D eigenvalue weighted by Crippen LogP contribution is -2.09. The van der Waals surface area contributed by atoms with Crippen molar-refractivity contribution >= 4 is 27.3 Å². The molecule has 2 rings (SSSR count). The van der Waals surface area contributed by atoms with E-state index < -0.39 is 6.10 Å². The molecule has 0 aliphatic carbocycles. The molecular weight excluding hydrogens is 324 g/mol. The Hall–Kier alpha value is -0.650. The average Bonchev–Trinajstić information content (AvgIpc) is 2.95. The number of aryl methyl sites for hydroxylation is 3. The van der Waals surface area contributed by atoms with Crippen LogP contribution >= 0.6 is 27.3 Å². The summed E-state index contributed by atoms with van der Waals surface area (Å²) in [6.07, 6.45) is 1.03. The quantitative estimate of drug-likeness (QED) is 0.895. The van der Waals surface area contributed by atoms with E-state index in [0.717, 1.165) is 40.0 Å². The van der Waals surface area contributed by atoms with E-state index in [1.54, 1.807) is 11.3 Å². The summed E-state index contributed by atoms with van der Waals surface area (Å²) in [6.45, 7) is 7.03. The van der Waals surface area contributed by atoms with E-state index in [9.17, 15) is 5.11 Å². The number of hydrogen-bond acceptors (Lipinski definition) is 3. The van der Waals surface area contributed by atoms with Crippen LogP contribution in [0.1, 0.15) is 42.5 Å². The van der Waals surface area contributed by atoms with Crippen LogP contribution in [0.15, 0.2) is 15.2 Å². The zero-order chi connectivity index (χ0) is 14.0. The van der Waals surface area contributed by atoms with E-state index in [4.69, 9.17) is 0 Å². The van der Waals surface area contributed by atoms with Gasteiger partial charge < -0.3 is 5.11 Å².